The van der Waals surface area contributed by atoms with E-state index < -0.39 is 0 Å². The Balaban J connectivity index is 2.74. The van der Waals surface area contributed by atoms with Crippen molar-refractivity contribution in [2.75, 3.05) is 6.61 Å². The maximum atomic E-state index is 11.3. The molecule has 0 radical (unpaired) electrons. The number of benzene rings is 1. The molecule has 0 aliphatic carbocycles. The molecule has 0 N–H and O–H groups in total. The Bertz CT molecular complexity index is 306. The van der Waals surface area contributed by atoms with Gasteiger partial charge in [0.2, 0.25) is 0 Å². The van der Waals surface area contributed by atoms with Crippen molar-refractivity contribution in [3.05, 3.63) is 35.9 Å². The van der Waals surface area contributed by atoms with E-state index in [9.17, 15) is 4.79 Å². The zero-order chi connectivity index (χ0) is 9.68. The van der Waals surface area contributed by atoms with Crippen LogP contribution in [0.15, 0.2) is 30.3 Å². The molecule has 0 aliphatic heterocycles. The summed E-state index contributed by atoms with van der Waals surface area (Å²) >= 11 is 2.72. The number of rotatable bonds is 3. The molecule has 0 saturated carbocycles. The average molecular weight is 241 g/mol. The molecule has 0 amide bonds. The first-order chi connectivity index (χ1) is 6.25. The van der Waals surface area contributed by atoms with Crippen LogP contribution in [0.2, 0.25) is 0 Å². The maximum absolute atomic E-state index is 11.3. The van der Waals surface area contributed by atoms with E-state index >= 15 is 0 Å². The third kappa shape index (κ3) is 2.79. The summed E-state index contributed by atoms with van der Waals surface area (Å²) < 4.78 is 5.38. The van der Waals surface area contributed by atoms with E-state index in [-0.39, 0.29) is 5.97 Å². The predicted octanol–water partition coefficient (Wildman–Crippen LogP) is 0.939. The molecule has 0 bridgehead atoms. The number of esters is 1. The van der Waals surface area contributed by atoms with E-state index in [2.05, 4.69) is 15.6 Å². The van der Waals surface area contributed by atoms with Gasteiger partial charge in [-0.1, -0.05) is 0 Å². The van der Waals surface area contributed by atoms with Gasteiger partial charge in [-0.2, -0.15) is 0 Å². The zero-order valence-electron chi connectivity index (χ0n) is 7.32. The first-order valence-corrected chi connectivity index (χ1v) is 4.88. The van der Waals surface area contributed by atoms with Gasteiger partial charge in [0.05, 0.1) is 0 Å². The summed E-state index contributed by atoms with van der Waals surface area (Å²) in [6.45, 7) is 2.19. The van der Waals surface area contributed by atoms with Crippen LogP contribution in [0.3, 0.4) is 0 Å². The summed E-state index contributed by atoms with van der Waals surface area (Å²) in [5.74, 6) is -0.297. The third-order valence-electron chi connectivity index (χ3n) is 1.50. The van der Waals surface area contributed by atoms with E-state index in [1.807, 2.05) is 30.3 Å². The van der Waals surface area contributed by atoms with Crippen molar-refractivity contribution in [1.82, 2.24) is 0 Å². The van der Waals surface area contributed by atoms with Gasteiger partial charge >= 0.3 is 84.9 Å². The van der Waals surface area contributed by atoms with Crippen LogP contribution in [-0.4, -0.2) is 32.6 Å². The van der Waals surface area contributed by atoms with Crippen LogP contribution in [0, 0.1) is 0 Å². The molecule has 0 spiro atoms. The topological polar surface area (TPSA) is 26.3 Å². The second-order valence-corrected chi connectivity index (χ2v) is 3.27. The minimum absolute atomic E-state index is 0.297. The minimum atomic E-state index is -0.297. The molecular weight excluding hydrogens is 231 g/mol. The first kappa shape index (κ1) is 10.2. The third-order valence-corrected chi connectivity index (χ3v) is 2.34. The predicted molar refractivity (Wildman–Crippen MR) is 52.9 cm³/mol. The molecule has 0 unspecified atom stereocenters. The van der Waals surface area contributed by atoms with E-state index in [1.54, 1.807) is 6.92 Å². The Labute approximate surface area is 85.3 Å². The van der Waals surface area contributed by atoms with Crippen molar-refractivity contribution in [3.8, 4) is 0 Å². The summed E-state index contributed by atoms with van der Waals surface area (Å²) in [6.07, 6.45) is 0. The van der Waals surface area contributed by atoms with E-state index in [0.717, 1.165) is 5.56 Å². The summed E-state index contributed by atoms with van der Waals surface area (Å²) in [7, 11) is 0. The molecule has 68 valence electrons. The normalized spacial score (nSPS) is 9.31. The molecule has 1 rings (SSSR count). The second kappa shape index (κ2) is 4.95. The van der Waals surface area contributed by atoms with E-state index in [0.29, 0.717) is 11.0 Å². The SMILES string of the molecule is CCOC(=O)C(=[Se])c1ccccc1. The van der Waals surface area contributed by atoms with Crippen molar-refractivity contribution >= 4 is 26.0 Å². The fourth-order valence-corrected chi connectivity index (χ4v) is 1.31. The summed E-state index contributed by atoms with van der Waals surface area (Å²) in [6, 6.07) is 9.39. The Morgan fingerprint density at radius 3 is 2.54 bits per heavy atom. The summed E-state index contributed by atoms with van der Waals surface area (Å²) in [5, 5.41) is 0. The molecule has 3 heteroatoms. The van der Waals surface area contributed by atoms with Crippen LogP contribution >= 0.6 is 0 Å². The van der Waals surface area contributed by atoms with Crippen molar-refractivity contribution in [2.24, 2.45) is 0 Å². The summed E-state index contributed by atoms with van der Waals surface area (Å²) in [5.41, 5.74) is 0.862. The van der Waals surface area contributed by atoms with Crippen molar-refractivity contribution < 1.29 is 9.53 Å². The van der Waals surface area contributed by atoms with Gasteiger partial charge in [-0.25, -0.2) is 0 Å². The molecule has 2 nitrogen and oxygen atoms in total. The number of hydrogen-bond donors (Lipinski definition) is 0. The van der Waals surface area contributed by atoms with E-state index in [4.69, 9.17) is 4.74 Å². The van der Waals surface area contributed by atoms with Crippen LogP contribution in [0.5, 0.6) is 0 Å². The van der Waals surface area contributed by atoms with Crippen LogP contribution < -0.4 is 0 Å². The Morgan fingerprint density at radius 1 is 1.38 bits per heavy atom. The fourth-order valence-electron chi connectivity index (χ4n) is 0.904. The number of ether oxygens (including phenoxy) is 1. The fraction of sp³-hybridized carbons (Fsp3) is 0.200. The molecule has 0 fully saturated rings. The molecule has 0 heterocycles. The van der Waals surface area contributed by atoms with Gasteiger partial charge in [0.15, 0.2) is 0 Å². The molecule has 0 aromatic heterocycles. The Kier molecular flexibility index (Phi) is 3.87. The molecular formula is C10H10O2Se. The Morgan fingerprint density at radius 2 is 2.00 bits per heavy atom. The van der Waals surface area contributed by atoms with Crippen molar-refractivity contribution in [3.63, 3.8) is 0 Å². The number of carbonyl (C=O) groups excluding carboxylic acids is 1. The monoisotopic (exact) mass is 242 g/mol. The van der Waals surface area contributed by atoms with Gasteiger partial charge in [-0.05, 0) is 0 Å². The molecule has 0 aliphatic rings. The molecule has 1 aromatic rings. The quantitative estimate of drug-likeness (QED) is 0.581. The van der Waals surface area contributed by atoms with E-state index in [1.165, 1.54) is 0 Å². The van der Waals surface area contributed by atoms with Crippen LogP contribution in [-0.2, 0) is 9.53 Å². The van der Waals surface area contributed by atoms with Crippen molar-refractivity contribution in [2.45, 2.75) is 6.92 Å². The van der Waals surface area contributed by atoms with Gasteiger partial charge in [-0.15, -0.1) is 0 Å². The standard InChI is InChI=1S/C10H10O2Se/c1-2-12-10(11)9(13)8-6-4-3-5-7-8/h3-7H,2H2,1H3. The number of carbonyl (C=O) groups is 1. The van der Waals surface area contributed by atoms with Crippen LogP contribution in [0.1, 0.15) is 12.5 Å². The molecule has 0 atom stereocenters. The molecule has 1 aromatic carbocycles. The van der Waals surface area contributed by atoms with Gasteiger partial charge in [0.25, 0.3) is 0 Å². The number of hydrogen-bond acceptors (Lipinski definition) is 2. The first-order valence-electron chi connectivity index (χ1n) is 4.02. The van der Waals surface area contributed by atoms with Gasteiger partial charge in [0.1, 0.15) is 0 Å². The van der Waals surface area contributed by atoms with Crippen molar-refractivity contribution in [1.29, 1.82) is 0 Å². The average Bonchev–Trinajstić information content (AvgIpc) is 2.18. The zero-order valence-corrected chi connectivity index (χ0v) is 9.03. The molecule has 13 heavy (non-hydrogen) atoms. The molecule has 0 saturated heterocycles. The van der Waals surface area contributed by atoms with Crippen LogP contribution in [0.25, 0.3) is 0 Å². The summed E-state index contributed by atoms with van der Waals surface area (Å²) in [4.78, 5) is 11.3. The van der Waals surface area contributed by atoms with Gasteiger partial charge in [0, 0.05) is 0 Å². The van der Waals surface area contributed by atoms with Gasteiger partial charge in [-0.3, -0.25) is 0 Å². The van der Waals surface area contributed by atoms with Gasteiger partial charge < -0.3 is 0 Å². The second-order valence-electron chi connectivity index (χ2n) is 2.42. The van der Waals surface area contributed by atoms with Crippen LogP contribution in [0.4, 0.5) is 0 Å². The Hall–Kier alpha value is -0.921.